The number of aliphatic hydroxyl groups is 1. The van der Waals surface area contributed by atoms with Crippen LogP contribution in [-0.2, 0) is 6.42 Å². The van der Waals surface area contributed by atoms with Crippen molar-refractivity contribution in [1.82, 2.24) is 4.57 Å². The molecule has 0 saturated heterocycles. The highest BCUT2D eigenvalue weighted by atomic mass is 127. The van der Waals surface area contributed by atoms with E-state index in [0.29, 0.717) is 0 Å². The van der Waals surface area contributed by atoms with Crippen LogP contribution in [0, 0.1) is 3.57 Å². The third-order valence-corrected chi connectivity index (χ3v) is 4.03. The number of hydrogen-bond acceptors (Lipinski definition) is 1. The third-order valence-electron chi connectivity index (χ3n) is 3.36. The van der Waals surface area contributed by atoms with Gasteiger partial charge in [-0.15, -0.1) is 0 Å². The molecule has 2 aromatic rings. The molecular formula is C14H14INO. The summed E-state index contributed by atoms with van der Waals surface area (Å²) in [6.07, 6.45) is 4.82. The van der Waals surface area contributed by atoms with Crippen molar-refractivity contribution in [2.45, 2.75) is 25.4 Å². The van der Waals surface area contributed by atoms with Gasteiger partial charge in [-0.25, -0.2) is 0 Å². The van der Waals surface area contributed by atoms with E-state index >= 15 is 0 Å². The van der Waals surface area contributed by atoms with E-state index < -0.39 is 0 Å². The van der Waals surface area contributed by atoms with Gasteiger partial charge in [-0.1, -0.05) is 6.07 Å². The van der Waals surface area contributed by atoms with E-state index in [0.717, 1.165) is 24.8 Å². The molecule has 1 aliphatic carbocycles. The van der Waals surface area contributed by atoms with Gasteiger partial charge in [0.25, 0.3) is 0 Å². The number of nitrogens with zero attached hydrogens (tertiary/aromatic N) is 1. The molecule has 0 aliphatic heterocycles. The van der Waals surface area contributed by atoms with E-state index in [1.165, 1.54) is 15.0 Å². The van der Waals surface area contributed by atoms with Crippen molar-refractivity contribution in [3.8, 4) is 5.69 Å². The lowest BCUT2D eigenvalue weighted by atomic mass is 9.95. The predicted octanol–water partition coefficient (Wildman–Crippen LogP) is 3.45. The van der Waals surface area contributed by atoms with Crippen LogP contribution in [0.15, 0.2) is 36.5 Å². The van der Waals surface area contributed by atoms with Crippen LogP contribution in [0.25, 0.3) is 5.69 Å². The molecule has 0 fully saturated rings. The van der Waals surface area contributed by atoms with Crippen molar-refractivity contribution in [1.29, 1.82) is 0 Å². The SMILES string of the molecule is OC1CCCc2c1ccn2-c1cccc(I)c1. The molecule has 3 heteroatoms. The molecule has 0 saturated carbocycles. The molecule has 1 aromatic heterocycles. The summed E-state index contributed by atoms with van der Waals surface area (Å²) < 4.78 is 3.44. The summed E-state index contributed by atoms with van der Waals surface area (Å²) in [5.74, 6) is 0. The Morgan fingerprint density at radius 2 is 2.18 bits per heavy atom. The second kappa shape index (κ2) is 4.46. The van der Waals surface area contributed by atoms with Crippen LogP contribution in [0.5, 0.6) is 0 Å². The van der Waals surface area contributed by atoms with Crippen molar-refractivity contribution in [3.63, 3.8) is 0 Å². The van der Waals surface area contributed by atoms with Gasteiger partial charge in [-0.05, 0) is 66.1 Å². The molecule has 88 valence electrons. The fourth-order valence-corrected chi connectivity index (χ4v) is 3.06. The summed E-state index contributed by atoms with van der Waals surface area (Å²) in [5, 5.41) is 9.96. The molecule has 0 radical (unpaired) electrons. The van der Waals surface area contributed by atoms with Crippen LogP contribution in [0.1, 0.15) is 30.2 Å². The van der Waals surface area contributed by atoms with Gasteiger partial charge in [0.2, 0.25) is 0 Å². The number of hydrogen-bond donors (Lipinski definition) is 1. The molecule has 1 N–H and O–H groups in total. The van der Waals surface area contributed by atoms with Gasteiger partial charge in [-0.3, -0.25) is 0 Å². The minimum Gasteiger partial charge on any atom is -0.388 e. The molecule has 1 aliphatic rings. The first kappa shape index (κ1) is 11.3. The number of halogens is 1. The van der Waals surface area contributed by atoms with Gasteiger partial charge < -0.3 is 9.67 Å². The molecule has 1 atom stereocenters. The summed E-state index contributed by atoms with van der Waals surface area (Å²) in [6.45, 7) is 0. The Morgan fingerprint density at radius 3 is 3.00 bits per heavy atom. The van der Waals surface area contributed by atoms with Crippen molar-refractivity contribution in [3.05, 3.63) is 51.4 Å². The van der Waals surface area contributed by atoms with Gasteiger partial charge in [0.15, 0.2) is 0 Å². The Morgan fingerprint density at radius 1 is 1.29 bits per heavy atom. The quantitative estimate of drug-likeness (QED) is 0.791. The highest BCUT2D eigenvalue weighted by Gasteiger charge is 2.21. The summed E-state index contributed by atoms with van der Waals surface area (Å²) in [7, 11) is 0. The van der Waals surface area contributed by atoms with Crippen LogP contribution in [0.4, 0.5) is 0 Å². The Hall–Kier alpha value is -0.810. The van der Waals surface area contributed by atoms with E-state index in [-0.39, 0.29) is 6.10 Å². The van der Waals surface area contributed by atoms with Gasteiger partial charge in [0, 0.05) is 26.7 Å². The van der Waals surface area contributed by atoms with Crippen LogP contribution in [0.3, 0.4) is 0 Å². The zero-order chi connectivity index (χ0) is 11.8. The smallest absolute Gasteiger partial charge is 0.0807 e. The average molecular weight is 339 g/mol. The van der Waals surface area contributed by atoms with Gasteiger partial charge in [0.05, 0.1) is 6.10 Å². The van der Waals surface area contributed by atoms with Crippen LogP contribution >= 0.6 is 22.6 Å². The van der Waals surface area contributed by atoms with Crippen molar-refractivity contribution in [2.24, 2.45) is 0 Å². The Kier molecular flexibility index (Phi) is 2.96. The highest BCUT2D eigenvalue weighted by molar-refractivity contribution is 14.1. The average Bonchev–Trinajstić information content (AvgIpc) is 2.74. The summed E-state index contributed by atoms with van der Waals surface area (Å²) in [5.41, 5.74) is 3.56. The second-order valence-corrected chi connectivity index (χ2v) is 5.72. The monoisotopic (exact) mass is 339 g/mol. The number of aromatic nitrogens is 1. The third kappa shape index (κ3) is 2.02. The highest BCUT2D eigenvalue weighted by Crippen LogP contribution is 2.32. The number of benzene rings is 1. The largest absolute Gasteiger partial charge is 0.388 e. The lowest BCUT2D eigenvalue weighted by molar-refractivity contribution is 0.156. The van der Waals surface area contributed by atoms with E-state index in [1.54, 1.807) is 0 Å². The van der Waals surface area contributed by atoms with Crippen molar-refractivity contribution < 1.29 is 5.11 Å². The van der Waals surface area contributed by atoms with E-state index in [4.69, 9.17) is 0 Å². The number of rotatable bonds is 1. The molecule has 0 amide bonds. The molecule has 2 nitrogen and oxygen atoms in total. The van der Waals surface area contributed by atoms with Crippen LogP contribution in [0.2, 0.25) is 0 Å². The second-order valence-electron chi connectivity index (χ2n) is 4.48. The van der Waals surface area contributed by atoms with Crippen molar-refractivity contribution >= 4 is 22.6 Å². The number of aliphatic hydroxyl groups excluding tert-OH is 1. The van der Waals surface area contributed by atoms with Crippen LogP contribution < -0.4 is 0 Å². The fraction of sp³-hybridized carbons (Fsp3) is 0.286. The van der Waals surface area contributed by atoms with E-state index in [2.05, 4.69) is 63.7 Å². The van der Waals surface area contributed by atoms with E-state index in [1.807, 2.05) is 0 Å². The first-order valence-electron chi connectivity index (χ1n) is 5.90. The van der Waals surface area contributed by atoms with Gasteiger partial charge in [-0.2, -0.15) is 0 Å². The minimum absolute atomic E-state index is 0.275. The standard InChI is InChI=1S/C14H14INO/c15-10-3-1-4-11(9-10)16-8-7-12-13(16)5-2-6-14(12)17/h1,3-4,7-9,14,17H,2,5-6H2. The lowest BCUT2D eigenvalue weighted by Crippen LogP contribution is -2.10. The van der Waals surface area contributed by atoms with Crippen molar-refractivity contribution in [2.75, 3.05) is 0 Å². The maximum absolute atomic E-state index is 9.96. The fourth-order valence-electron chi connectivity index (χ4n) is 2.53. The maximum atomic E-state index is 9.96. The zero-order valence-corrected chi connectivity index (χ0v) is 11.6. The molecule has 1 heterocycles. The lowest BCUT2D eigenvalue weighted by Gasteiger charge is -2.20. The molecule has 0 bridgehead atoms. The summed E-state index contributed by atoms with van der Waals surface area (Å²) >= 11 is 2.33. The maximum Gasteiger partial charge on any atom is 0.0807 e. The first-order chi connectivity index (χ1) is 8.25. The summed E-state index contributed by atoms with van der Waals surface area (Å²) in [6, 6.07) is 10.5. The van der Waals surface area contributed by atoms with E-state index in [9.17, 15) is 5.11 Å². The molecular weight excluding hydrogens is 325 g/mol. The molecule has 17 heavy (non-hydrogen) atoms. The topological polar surface area (TPSA) is 25.2 Å². The Bertz CT molecular complexity index is 547. The molecule has 1 aromatic carbocycles. The molecule has 0 spiro atoms. The predicted molar refractivity (Wildman–Crippen MR) is 76.4 cm³/mol. The normalized spacial score (nSPS) is 19.1. The zero-order valence-electron chi connectivity index (χ0n) is 9.44. The number of fused-ring (bicyclic) bond motifs is 1. The Balaban J connectivity index is 2.10. The van der Waals surface area contributed by atoms with Gasteiger partial charge in [0.1, 0.15) is 0 Å². The molecule has 1 unspecified atom stereocenters. The molecule has 3 rings (SSSR count). The Labute approximate surface area is 114 Å². The van der Waals surface area contributed by atoms with Crippen LogP contribution in [-0.4, -0.2) is 9.67 Å². The minimum atomic E-state index is -0.275. The summed E-state index contributed by atoms with van der Waals surface area (Å²) in [4.78, 5) is 0. The first-order valence-corrected chi connectivity index (χ1v) is 6.98. The van der Waals surface area contributed by atoms with Gasteiger partial charge >= 0.3 is 0 Å².